The highest BCUT2D eigenvalue weighted by molar-refractivity contribution is 5.11. The molecule has 1 unspecified atom stereocenters. The fraction of sp³-hybridized carbons (Fsp3) is 0.400. The molecule has 0 saturated carbocycles. The summed E-state index contributed by atoms with van der Waals surface area (Å²) in [5, 5.41) is 0. The zero-order valence-corrected chi connectivity index (χ0v) is 7.84. The third kappa shape index (κ3) is 3.39. The quantitative estimate of drug-likeness (QED) is 0.502. The van der Waals surface area contributed by atoms with Crippen LogP contribution in [0.1, 0.15) is 13.3 Å². The Hall–Kier alpha value is -1.02. The summed E-state index contributed by atoms with van der Waals surface area (Å²) in [6, 6.07) is 0. The smallest absolute Gasteiger partial charge is 0.108 e. The average molecular weight is 167 g/mol. The van der Waals surface area contributed by atoms with E-state index < -0.39 is 5.54 Å². The maximum atomic E-state index is 5.90. The lowest BCUT2D eigenvalue weighted by atomic mass is 9.97. The van der Waals surface area contributed by atoms with Crippen LogP contribution in [0.15, 0.2) is 37.1 Å². The van der Waals surface area contributed by atoms with Gasteiger partial charge < -0.3 is 10.5 Å². The van der Waals surface area contributed by atoms with Crippen LogP contribution in [0.3, 0.4) is 0 Å². The third-order valence-corrected chi connectivity index (χ3v) is 1.70. The first kappa shape index (κ1) is 11.0. The first-order valence-electron chi connectivity index (χ1n) is 3.84. The van der Waals surface area contributed by atoms with Gasteiger partial charge in [-0.3, -0.25) is 0 Å². The minimum atomic E-state index is -0.492. The van der Waals surface area contributed by atoms with Crippen molar-refractivity contribution in [2.75, 3.05) is 7.11 Å². The molecule has 12 heavy (non-hydrogen) atoms. The normalized spacial score (nSPS) is 15.6. The molecule has 0 aliphatic carbocycles. The largest absolute Gasteiger partial charge is 0.500 e. The molecule has 0 saturated heterocycles. The second-order valence-corrected chi connectivity index (χ2v) is 2.91. The van der Waals surface area contributed by atoms with Crippen molar-refractivity contribution in [1.82, 2.24) is 0 Å². The first-order valence-corrected chi connectivity index (χ1v) is 3.84. The molecule has 0 rings (SSSR count). The van der Waals surface area contributed by atoms with E-state index in [-0.39, 0.29) is 0 Å². The predicted octanol–water partition coefficient (Wildman–Crippen LogP) is 2.00. The van der Waals surface area contributed by atoms with Crippen molar-refractivity contribution < 1.29 is 4.74 Å². The predicted molar refractivity (Wildman–Crippen MR) is 52.7 cm³/mol. The number of nitrogens with two attached hydrogens (primary N) is 1. The van der Waals surface area contributed by atoms with Crippen molar-refractivity contribution in [2.45, 2.75) is 18.9 Å². The lowest BCUT2D eigenvalue weighted by Gasteiger charge is -2.24. The fourth-order valence-electron chi connectivity index (χ4n) is 0.756. The Labute approximate surface area is 74.4 Å². The molecular weight excluding hydrogens is 150 g/mol. The topological polar surface area (TPSA) is 35.2 Å². The standard InChI is InChI=1S/C10H17NO/c1-5-6-7-8-10(3,11)9(2)12-4/h5-7H,1-2,8,11H2,3-4H3/b7-6+. The average Bonchev–Trinajstić information content (AvgIpc) is 2.03. The Morgan fingerprint density at radius 1 is 1.67 bits per heavy atom. The first-order chi connectivity index (χ1) is 5.54. The van der Waals surface area contributed by atoms with Crippen molar-refractivity contribution in [2.24, 2.45) is 5.73 Å². The van der Waals surface area contributed by atoms with E-state index in [9.17, 15) is 0 Å². The number of rotatable bonds is 5. The summed E-state index contributed by atoms with van der Waals surface area (Å²) in [4.78, 5) is 0. The lowest BCUT2D eigenvalue weighted by Crippen LogP contribution is -2.37. The van der Waals surface area contributed by atoms with Gasteiger partial charge in [-0.2, -0.15) is 0 Å². The van der Waals surface area contributed by atoms with E-state index in [0.717, 1.165) is 0 Å². The molecule has 1 atom stereocenters. The monoisotopic (exact) mass is 167 g/mol. The summed E-state index contributed by atoms with van der Waals surface area (Å²) in [6.07, 6.45) is 6.21. The van der Waals surface area contributed by atoms with E-state index >= 15 is 0 Å². The van der Waals surface area contributed by atoms with Crippen LogP contribution >= 0.6 is 0 Å². The van der Waals surface area contributed by atoms with Crippen molar-refractivity contribution in [3.63, 3.8) is 0 Å². The van der Waals surface area contributed by atoms with E-state index in [4.69, 9.17) is 10.5 Å². The van der Waals surface area contributed by atoms with Gasteiger partial charge in [0.15, 0.2) is 0 Å². The van der Waals surface area contributed by atoms with E-state index in [0.29, 0.717) is 12.2 Å². The SMILES string of the molecule is C=C/C=C/CC(C)(N)C(=C)OC. The van der Waals surface area contributed by atoms with Gasteiger partial charge in [-0.25, -0.2) is 0 Å². The molecule has 0 radical (unpaired) electrons. The number of hydrogen-bond donors (Lipinski definition) is 1. The molecule has 0 aromatic heterocycles. The maximum Gasteiger partial charge on any atom is 0.108 e. The lowest BCUT2D eigenvalue weighted by molar-refractivity contribution is 0.231. The summed E-state index contributed by atoms with van der Waals surface area (Å²) in [7, 11) is 1.57. The third-order valence-electron chi connectivity index (χ3n) is 1.70. The summed E-state index contributed by atoms with van der Waals surface area (Å²) in [6.45, 7) is 9.16. The van der Waals surface area contributed by atoms with Crippen LogP contribution in [0.5, 0.6) is 0 Å². The molecule has 0 spiro atoms. The van der Waals surface area contributed by atoms with Crippen LogP contribution in [0.4, 0.5) is 0 Å². The van der Waals surface area contributed by atoms with Gasteiger partial charge in [0, 0.05) is 0 Å². The van der Waals surface area contributed by atoms with Gasteiger partial charge in [0.05, 0.1) is 12.6 Å². The van der Waals surface area contributed by atoms with Crippen LogP contribution in [0.25, 0.3) is 0 Å². The molecule has 0 aliphatic heterocycles. The molecule has 0 heterocycles. The van der Waals surface area contributed by atoms with Crippen LogP contribution in [-0.4, -0.2) is 12.6 Å². The van der Waals surface area contributed by atoms with Crippen LogP contribution in [-0.2, 0) is 4.74 Å². The van der Waals surface area contributed by atoms with Crippen LogP contribution in [0, 0.1) is 0 Å². The summed E-state index contributed by atoms with van der Waals surface area (Å²) in [5.74, 6) is 0.594. The second kappa shape index (κ2) is 4.78. The van der Waals surface area contributed by atoms with Gasteiger partial charge in [0.2, 0.25) is 0 Å². The van der Waals surface area contributed by atoms with Gasteiger partial charge in [-0.1, -0.05) is 31.4 Å². The molecule has 68 valence electrons. The molecule has 0 aliphatic rings. The fourth-order valence-corrected chi connectivity index (χ4v) is 0.756. The highest BCUT2D eigenvalue weighted by atomic mass is 16.5. The van der Waals surface area contributed by atoms with E-state index in [2.05, 4.69) is 13.2 Å². The maximum absolute atomic E-state index is 5.90. The minimum Gasteiger partial charge on any atom is -0.500 e. The Balaban J connectivity index is 4.12. The number of methoxy groups -OCH3 is 1. The molecule has 0 fully saturated rings. The van der Waals surface area contributed by atoms with Crippen molar-refractivity contribution >= 4 is 0 Å². The van der Waals surface area contributed by atoms with Gasteiger partial charge in [-0.15, -0.1) is 0 Å². The van der Waals surface area contributed by atoms with Crippen LogP contribution in [0.2, 0.25) is 0 Å². The molecule has 0 aromatic carbocycles. The van der Waals surface area contributed by atoms with Gasteiger partial charge >= 0.3 is 0 Å². The zero-order valence-electron chi connectivity index (χ0n) is 7.84. The molecule has 2 heteroatoms. The molecule has 0 amide bonds. The Morgan fingerprint density at radius 3 is 2.67 bits per heavy atom. The van der Waals surface area contributed by atoms with E-state index in [1.807, 2.05) is 19.1 Å². The zero-order chi connectivity index (χ0) is 9.61. The Morgan fingerprint density at radius 2 is 2.25 bits per heavy atom. The van der Waals surface area contributed by atoms with Crippen molar-refractivity contribution in [1.29, 1.82) is 0 Å². The Bertz CT molecular complexity index is 192. The van der Waals surface area contributed by atoms with Crippen molar-refractivity contribution in [3.8, 4) is 0 Å². The summed E-state index contributed by atoms with van der Waals surface area (Å²) < 4.78 is 4.97. The number of ether oxygens (including phenoxy) is 1. The van der Waals surface area contributed by atoms with E-state index in [1.165, 1.54) is 0 Å². The number of allylic oxidation sites excluding steroid dienone is 2. The van der Waals surface area contributed by atoms with Gasteiger partial charge in [0.25, 0.3) is 0 Å². The summed E-state index contributed by atoms with van der Waals surface area (Å²) >= 11 is 0. The molecular formula is C10H17NO. The van der Waals surface area contributed by atoms with Gasteiger partial charge in [-0.05, 0) is 13.3 Å². The van der Waals surface area contributed by atoms with Crippen molar-refractivity contribution in [3.05, 3.63) is 37.1 Å². The van der Waals surface area contributed by atoms with Gasteiger partial charge in [0.1, 0.15) is 5.76 Å². The van der Waals surface area contributed by atoms with Crippen LogP contribution < -0.4 is 5.73 Å². The van der Waals surface area contributed by atoms with E-state index in [1.54, 1.807) is 13.2 Å². The minimum absolute atomic E-state index is 0.492. The molecule has 2 N–H and O–H groups in total. The highest BCUT2D eigenvalue weighted by Gasteiger charge is 2.21. The second-order valence-electron chi connectivity index (χ2n) is 2.91. The molecule has 0 bridgehead atoms. The highest BCUT2D eigenvalue weighted by Crippen LogP contribution is 2.16. The number of hydrogen-bond acceptors (Lipinski definition) is 2. The summed E-state index contributed by atoms with van der Waals surface area (Å²) in [5.41, 5.74) is 5.41. The molecule has 0 aromatic rings. The Kier molecular flexibility index (Phi) is 4.37. The molecule has 2 nitrogen and oxygen atoms in total.